The molecule has 0 atom stereocenters. The number of carbonyl (C=O) groups excluding carboxylic acids is 1. The maximum Gasteiger partial charge on any atom is 0.336 e. The summed E-state index contributed by atoms with van der Waals surface area (Å²) in [5.74, 6) is -2.17. The molecule has 1 aromatic carbocycles. The number of esters is 1. The number of ether oxygens (including phenoxy) is 1. The van der Waals surface area contributed by atoms with Crippen molar-refractivity contribution in [2.75, 3.05) is 0 Å². The second kappa shape index (κ2) is 5.51. The van der Waals surface area contributed by atoms with Crippen LogP contribution in [0.25, 0.3) is 0 Å². The molecule has 0 radical (unpaired) electrons. The van der Waals surface area contributed by atoms with Gasteiger partial charge in [0.1, 0.15) is 0 Å². The van der Waals surface area contributed by atoms with Crippen LogP contribution in [0, 0.1) is 30.3 Å². The fraction of sp³-hybridized carbons (Fsp3) is 0. The Balaban J connectivity index is 3.63. The van der Waals surface area contributed by atoms with Crippen molar-refractivity contribution in [2.24, 2.45) is 0 Å². The Morgan fingerprint density at radius 3 is 1.80 bits per heavy atom. The molecule has 0 amide bonds. The number of benzene rings is 1. The van der Waals surface area contributed by atoms with E-state index >= 15 is 0 Å². The third-order valence-electron chi connectivity index (χ3n) is 2.01. The molecule has 0 heterocycles. The highest BCUT2D eigenvalue weighted by molar-refractivity contribution is 5.85. The fourth-order valence-electron chi connectivity index (χ4n) is 1.21. The standard InChI is InChI=1S/C9H5N3O8/c1-2-8(13)20-9-6(11(16)17)3-5(10(14)15)4-7(9)12(18)19/h2-4H,1H2. The van der Waals surface area contributed by atoms with E-state index < -0.39 is 43.6 Å². The minimum absolute atomic E-state index is 0.457. The smallest absolute Gasteiger partial charge is 0.336 e. The largest absolute Gasteiger partial charge is 0.409 e. The molecule has 1 aromatic rings. The Kier molecular flexibility index (Phi) is 4.05. The van der Waals surface area contributed by atoms with Gasteiger partial charge in [-0.05, 0) is 0 Å². The number of nitro benzene ring substituents is 3. The van der Waals surface area contributed by atoms with Gasteiger partial charge in [-0.15, -0.1) is 0 Å². The van der Waals surface area contributed by atoms with Gasteiger partial charge in [-0.3, -0.25) is 30.3 Å². The molecule has 1 rings (SSSR count). The molecule has 0 N–H and O–H groups in total. The molecule has 0 aliphatic rings. The SMILES string of the molecule is C=CC(=O)Oc1c([N+](=O)[O-])cc([N+](=O)[O-])cc1[N+](=O)[O-]. The first-order chi connectivity index (χ1) is 9.27. The second-order valence-electron chi connectivity index (χ2n) is 3.21. The molecule has 0 spiro atoms. The fourth-order valence-corrected chi connectivity index (χ4v) is 1.21. The molecule has 0 unspecified atom stereocenters. The van der Waals surface area contributed by atoms with Crippen LogP contribution < -0.4 is 4.74 Å². The Labute approximate surface area is 109 Å². The summed E-state index contributed by atoms with van der Waals surface area (Å²) in [6.45, 7) is 3.03. The number of rotatable bonds is 5. The van der Waals surface area contributed by atoms with E-state index in [0.29, 0.717) is 18.2 Å². The molecule has 20 heavy (non-hydrogen) atoms. The van der Waals surface area contributed by atoms with Gasteiger partial charge in [0.15, 0.2) is 0 Å². The predicted molar refractivity (Wildman–Crippen MR) is 62.2 cm³/mol. The summed E-state index contributed by atoms with van der Waals surface area (Å²) in [7, 11) is 0. The van der Waals surface area contributed by atoms with Crippen LogP contribution in [-0.4, -0.2) is 20.7 Å². The second-order valence-corrected chi connectivity index (χ2v) is 3.21. The van der Waals surface area contributed by atoms with Crippen molar-refractivity contribution in [1.82, 2.24) is 0 Å². The number of carbonyl (C=O) groups is 1. The van der Waals surface area contributed by atoms with E-state index in [-0.39, 0.29) is 0 Å². The molecule has 0 bridgehead atoms. The topological polar surface area (TPSA) is 156 Å². The maximum atomic E-state index is 11.0. The van der Waals surface area contributed by atoms with Crippen LogP contribution in [0.5, 0.6) is 5.75 Å². The zero-order valence-corrected chi connectivity index (χ0v) is 9.55. The van der Waals surface area contributed by atoms with E-state index in [2.05, 4.69) is 11.3 Å². The molecule has 0 saturated carbocycles. The van der Waals surface area contributed by atoms with Gasteiger partial charge in [0.05, 0.1) is 26.9 Å². The molecular weight excluding hydrogens is 278 g/mol. The molecule has 11 heteroatoms. The highest BCUT2D eigenvalue weighted by Gasteiger charge is 2.33. The number of nitrogens with zero attached hydrogens (tertiary/aromatic N) is 3. The minimum atomic E-state index is -1.18. The monoisotopic (exact) mass is 283 g/mol. The minimum Gasteiger partial charge on any atom is -0.409 e. The summed E-state index contributed by atoms with van der Waals surface area (Å²) < 4.78 is 4.42. The van der Waals surface area contributed by atoms with Gasteiger partial charge >= 0.3 is 17.3 Å². The summed E-state index contributed by atoms with van der Waals surface area (Å²) in [4.78, 5) is 39.9. The molecule has 104 valence electrons. The van der Waals surface area contributed by atoms with Crippen molar-refractivity contribution in [2.45, 2.75) is 0 Å². The normalized spacial score (nSPS) is 9.60. The van der Waals surface area contributed by atoms with Crippen molar-refractivity contribution >= 4 is 23.0 Å². The lowest BCUT2D eigenvalue weighted by molar-refractivity contribution is -0.404. The van der Waals surface area contributed by atoms with Gasteiger partial charge in [-0.25, -0.2) is 4.79 Å². The quantitative estimate of drug-likeness (QED) is 0.258. The predicted octanol–water partition coefficient (Wildman–Crippen LogP) is 1.50. The molecular formula is C9H5N3O8. The number of nitro groups is 3. The highest BCUT2D eigenvalue weighted by atomic mass is 16.6. The molecule has 0 saturated heterocycles. The van der Waals surface area contributed by atoms with Crippen molar-refractivity contribution in [3.05, 3.63) is 55.1 Å². The van der Waals surface area contributed by atoms with Crippen LogP contribution in [0.3, 0.4) is 0 Å². The molecule has 11 nitrogen and oxygen atoms in total. The zero-order chi connectivity index (χ0) is 15.4. The Bertz CT molecular complexity index is 603. The Morgan fingerprint density at radius 1 is 1.05 bits per heavy atom. The third kappa shape index (κ3) is 2.90. The number of non-ortho nitro benzene ring substituents is 1. The van der Waals surface area contributed by atoms with E-state index in [4.69, 9.17) is 0 Å². The lowest BCUT2D eigenvalue weighted by atomic mass is 10.2. The zero-order valence-electron chi connectivity index (χ0n) is 9.55. The van der Waals surface area contributed by atoms with Gasteiger partial charge in [0.25, 0.3) is 11.4 Å². The number of hydrogen-bond acceptors (Lipinski definition) is 8. The highest BCUT2D eigenvalue weighted by Crippen LogP contribution is 2.40. The van der Waals surface area contributed by atoms with Gasteiger partial charge in [0, 0.05) is 6.08 Å². The van der Waals surface area contributed by atoms with Gasteiger partial charge < -0.3 is 4.74 Å². The van der Waals surface area contributed by atoms with Crippen molar-refractivity contribution in [3.63, 3.8) is 0 Å². The van der Waals surface area contributed by atoms with Crippen molar-refractivity contribution < 1.29 is 24.3 Å². The van der Waals surface area contributed by atoms with Crippen molar-refractivity contribution in [1.29, 1.82) is 0 Å². The molecule has 0 aliphatic heterocycles. The van der Waals surface area contributed by atoms with E-state index in [1.54, 1.807) is 0 Å². The first-order valence-corrected chi connectivity index (χ1v) is 4.73. The van der Waals surface area contributed by atoms with Crippen LogP contribution in [0.2, 0.25) is 0 Å². The molecule has 0 fully saturated rings. The summed E-state index contributed by atoms with van der Waals surface area (Å²) in [5, 5.41) is 32.1. The van der Waals surface area contributed by atoms with Crippen LogP contribution in [0.15, 0.2) is 24.8 Å². The van der Waals surface area contributed by atoms with E-state index in [0.717, 1.165) is 0 Å². The third-order valence-corrected chi connectivity index (χ3v) is 2.01. The number of hydrogen-bond donors (Lipinski definition) is 0. The van der Waals surface area contributed by atoms with E-state index in [9.17, 15) is 35.1 Å². The van der Waals surface area contributed by atoms with Crippen molar-refractivity contribution in [3.8, 4) is 5.75 Å². The lowest BCUT2D eigenvalue weighted by Crippen LogP contribution is -2.08. The average Bonchev–Trinajstić information content (AvgIpc) is 2.37. The summed E-state index contributed by atoms with van der Waals surface area (Å²) >= 11 is 0. The summed E-state index contributed by atoms with van der Waals surface area (Å²) in [5.41, 5.74) is -3.01. The first kappa shape index (κ1) is 14.7. The average molecular weight is 283 g/mol. The Morgan fingerprint density at radius 2 is 1.50 bits per heavy atom. The summed E-state index contributed by atoms with van der Waals surface area (Å²) in [6.07, 6.45) is 0.634. The first-order valence-electron chi connectivity index (χ1n) is 4.73. The lowest BCUT2D eigenvalue weighted by Gasteiger charge is -2.03. The molecule has 0 aromatic heterocycles. The van der Waals surface area contributed by atoms with Crippen LogP contribution in [0.4, 0.5) is 17.1 Å². The van der Waals surface area contributed by atoms with Gasteiger partial charge in [-0.2, -0.15) is 0 Å². The van der Waals surface area contributed by atoms with E-state index in [1.165, 1.54) is 0 Å². The van der Waals surface area contributed by atoms with Crippen LogP contribution in [-0.2, 0) is 4.79 Å². The summed E-state index contributed by atoms with van der Waals surface area (Å²) in [6, 6.07) is 0.914. The maximum absolute atomic E-state index is 11.0. The van der Waals surface area contributed by atoms with Gasteiger partial charge in [0.2, 0.25) is 0 Å². The van der Waals surface area contributed by atoms with Crippen LogP contribution in [0.1, 0.15) is 0 Å². The Hall–Kier alpha value is -3.37. The molecule has 0 aliphatic carbocycles. The van der Waals surface area contributed by atoms with Crippen LogP contribution >= 0.6 is 0 Å². The van der Waals surface area contributed by atoms with Gasteiger partial charge in [-0.1, -0.05) is 6.58 Å². The van der Waals surface area contributed by atoms with E-state index in [1.807, 2.05) is 0 Å².